The molecule has 0 amide bonds. The van der Waals surface area contributed by atoms with Crippen molar-refractivity contribution in [2.75, 3.05) is 6.54 Å². The number of hydrogen-bond acceptors (Lipinski definition) is 2. The number of nitrogens with zero attached hydrogens (tertiary/aromatic N) is 1. The van der Waals surface area contributed by atoms with Crippen molar-refractivity contribution >= 4 is 5.97 Å². The van der Waals surface area contributed by atoms with E-state index in [0.29, 0.717) is 13.0 Å². The van der Waals surface area contributed by atoms with E-state index in [1.54, 1.807) is 6.08 Å². The minimum atomic E-state index is -1.32. The molecule has 0 saturated carbocycles. The lowest BCUT2D eigenvalue weighted by molar-refractivity contribution is -0.140. The maximum absolute atomic E-state index is 10.4. The van der Waals surface area contributed by atoms with Crippen molar-refractivity contribution in [2.24, 2.45) is 5.73 Å². The average Bonchev–Trinajstić information content (AvgIpc) is 1.98. The Labute approximate surface area is 71.5 Å². The minimum absolute atomic E-state index is 0.367. The molecule has 0 heterocycles. The Morgan fingerprint density at radius 2 is 2.42 bits per heavy atom. The van der Waals surface area contributed by atoms with Crippen LogP contribution in [0.5, 0.6) is 0 Å². The minimum Gasteiger partial charge on any atom is -0.480 e. The van der Waals surface area contributed by atoms with Crippen LogP contribution in [0.15, 0.2) is 12.2 Å². The van der Waals surface area contributed by atoms with Gasteiger partial charge in [0.15, 0.2) is 0 Å². The van der Waals surface area contributed by atoms with E-state index >= 15 is 0 Å². The van der Waals surface area contributed by atoms with Gasteiger partial charge < -0.3 is 15.7 Å². The van der Waals surface area contributed by atoms with Crippen LogP contribution in [0.3, 0.4) is 0 Å². The monoisotopic (exact) mass is 168 g/mol. The third kappa shape index (κ3) is 3.74. The fourth-order valence-corrected chi connectivity index (χ4v) is 0.539. The predicted molar refractivity (Wildman–Crippen MR) is 45.5 cm³/mol. The van der Waals surface area contributed by atoms with Gasteiger partial charge in [0.05, 0.1) is 0 Å². The molecule has 3 N–H and O–H groups in total. The molecule has 0 aliphatic heterocycles. The molecule has 66 valence electrons. The molecule has 0 aromatic carbocycles. The summed E-state index contributed by atoms with van der Waals surface area (Å²) in [5, 5.41) is 8.56. The summed E-state index contributed by atoms with van der Waals surface area (Å²) in [5.74, 6) is -1.07. The number of carboxylic acids is 1. The first-order valence-electron chi connectivity index (χ1n) is 3.54. The predicted octanol–water partition coefficient (Wildman–Crippen LogP) is 0.654. The number of rotatable bonds is 4. The highest BCUT2D eigenvalue weighted by Crippen LogP contribution is 2.01. The summed E-state index contributed by atoms with van der Waals surface area (Å²) in [6.45, 7) is 8.24. The van der Waals surface area contributed by atoms with Crippen LogP contribution >= 0.6 is 0 Å². The van der Waals surface area contributed by atoms with Crippen LogP contribution < -0.4 is 5.73 Å². The van der Waals surface area contributed by atoms with Crippen LogP contribution in [-0.2, 0) is 4.79 Å². The van der Waals surface area contributed by atoms with Crippen LogP contribution in [0.2, 0.25) is 0 Å². The van der Waals surface area contributed by atoms with Crippen molar-refractivity contribution in [3.63, 3.8) is 0 Å². The van der Waals surface area contributed by atoms with Crippen molar-refractivity contribution in [1.29, 1.82) is 0 Å². The van der Waals surface area contributed by atoms with Crippen LogP contribution in [0.4, 0.5) is 0 Å². The van der Waals surface area contributed by atoms with Crippen molar-refractivity contribution in [3.05, 3.63) is 23.6 Å². The highest BCUT2D eigenvalue weighted by molar-refractivity contribution is 5.80. The van der Waals surface area contributed by atoms with Crippen LogP contribution in [0.1, 0.15) is 13.3 Å². The van der Waals surface area contributed by atoms with E-state index in [4.69, 9.17) is 17.4 Å². The zero-order valence-corrected chi connectivity index (χ0v) is 6.95. The first kappa shape index (κ1) is 10.7. The second-order valence-corrected chi connectivity index (χ2v) is 2.66. The second kappa shape index (κ2) is 4.52. The second-order valence-electron chi connectivity index (χ2n) is 2.66. The van der Waals surface area contributed by atoms with Gasteiger partial charge >= 0.3 is 5.97 Å². The van der Waals surface area contributed by atoms with Gasteiger partial charge in [0.2, 0.25) is 6.54 Å². The Morgan fingerprint density at radius 1 is 1.83 bits per heavy atom. The topological polar surface area (TPSA) is 67.7 Å². The Balaban J connectivity index is 3.98. The van der Waals surface area contributed by atoms with E-state index in [2.05, 4.69) is 4.85 Å². The number of nitrogens with two attached hydrogens (primary N) is 1. The van der Waals surface area contributed by atoms with E-state index in [1.165, 1.54) is 13.0 Å². The van der Waals surface area contributed by atoms with E-state index in [-0.39, 0.29) is 0 Å². The fourth-order valence-electron chi connectivity index (χ4n) is 0.539. The van der Waals surface area contributed by atoms with Gasteiger partial charge in [-0.1, -0.05) is 12.2 Å². The van der Waals surface area contributed by atoms with E-state index in [9.17, 15) is 4.79 Å². The largest absolute Gasteiger partial charge is 0.480 e. The molecule has 0 fully saturated rings. The summed E-state index contributed by atoms with van der Waals surface area (Å²) in [4.78, 5) is 13.6. The van der Waals surface area contributed by atoms with Gasteiger partial charge in [0.1, 0.15) is 5.54 Å². The molecule has 4 nitrogen and oxygen atoms in total. The molecule has 0 aliphatic carbocycles. The van der Waals surface area contributed by atoms with Gasteiger partial charge in [-0.2, -0.15) is 0 Å². The Hall–Kier alpha value is -1.34. The molecule has 0 aromatic rings. The standard InChI is InChI=1S/C8H12N2O2/c1-8(9,7(11)12)5-3-4-6-10-2/h3,5H,4,6,9H2,1H3,(H,11,12). The molecule has 0 aliphatic rings. The summed E-state index contributed by atoms with van der Waals surface area (Å²) < 4.78 is 0. The molecule has 1 unspecified atom stereocenters. The Bertz CT molecular complexity index is 226. The maximum atomic E-state index is 10.4. The maximum Gasteiger partial charge on any atom is 0.327 e. The molecular weight excluding hydrogens is 156 g/mol. The molecule has 0 saturated heterocycles. The number of aliphatic carboxylic acids is 1. The third-order valence-corrected chi connectivity index (χ3v) is 1.33. The first-order chi connectivity index (χ1) is 5.50. The summed E-state index contributed by atoms with van der Waals surface area (Å²) in [5.41, 5.74) is 4.06. The molecule has 0 spiro atoms. The average molecular weight is 168 g/mol. The SMILES string of the molecule is [C-]#[N+]CCC=CC(C)(N)C(=O)O. The lowest BCUT2D eigenvalue weighted by Crippen LogP contribution is -2.42. The molecule has 4 heteroatoms. The number of hydrogen-bond donors (Lipinski definition) is 2. The van der Waals surface area contributed by atoms with Crippen LogP contribution in [0, 0.1) is 6.57 Å². The first-order valence-corrected chi connectivity index (χ1v) is 3.54. The third-order valence-electron chi connectivity index (χ3n) is 1.33. The zero-order valence-electron chi connectivity index (χ0n) is 6.95. The molecular formula is C8H12N2O2. The van der Waals surface area contributed by atoms with Gasteiger partial charge in [-0.15, -0.1) is 0 Å². The Morgan fingerprint density at radius 3 is 2.83 bits per heavy atom. The smallest absolute Gasteiger partial charge is 0.327 e. The summed E-state index contributed by atoms with van der Waals surface area (Å²) in [7, 11) is 0. The van der Waals surface area contributed by atoms with Gasteiger partial charge in [-0.25, -0.2) is 11.4 Å². The van der Waals surface area contributed by atoms with Crippen molar-refractivity contribution in [3.8, 4) is 0 Å². The molecule has 0 radical (unpaired) electrons. The van der Waals surface area contributed by atoms with Gasteiger partial charge in [0, 0.05) is 6.42 Å². The molecule has 0 bridgehead atoms. The van der Waals surface area contributed by atoms with E-state index in [0.717, 1.165) is 0 Å². The molecule has 12 heavy (non-hydrogen) atoms. The van der Waals surface area contributed by atoms with Gasteiger partial charge in [-0.3, -0.25) is 0 Å². The quantitative estimate of drug-likeness (QED) is 0.368. The van der Waals surface area contributed by atoms with Crippen LogP contribution in [-0.4, -0.2) is 23.2 Å². The van der Waals surface area contributed by atoms with E-state index < -0.39 is 11.5 Å². The zero-order chi connectivity index (χ0) is 9.61. The summed E-state index contributed by atoms with van der Waals surface area (Å²) in [6, 6.07) is 0. The van der Waals surface area contributed by atoms with Crippen molar-refractivity contribution in [2.45, 2.75) is 18.9 Å². The lowest BCUT2D eigenvalue weighted by atomic mass is 10.0. The number of carbonyl (C=O) groups is 1. The normalized spacial score (nSPS) is 15.4. The van der Waals surface area contributed by atoms with Gasteiger partial charge in [0.25, 0.3) is 0 Å². The van der Waals surface area contributed by atoms with Crippen molar-refractivity contribution in [1.82, 2.24) is 0 Å². The Kier molecular flexibility index (Phi) is 4.02. The lowest BCUT2D eigenvalue weighted by Gasteiger charge is -2.12. The molecule has 0 rings (SSSR count). The van der Waals surface area contributed by atoms with Crippen molar-refractivity contribution < 1.29 is 9.90 Å². The molecule has 0 aromatic heterocycles. The summed E-state index contributed by atoms with van der Waals surface area (Å²) >= 11 is 0. The van der Waals surface area contributed by atoms with E-state index in [1.807, 2.05) is 0 Å². The highest BCUT2D eigenvalue weighted by Gasteiger charge is 2.23. The van der Waals surface area contributed by atoms with Gasteiger partial charge in [-0.05, 0) is 6.92 Å². The highest BCUT2D eigenvalue weighted by atomic mass is 16.4. The fraction of sp³-hybridized carbons (Fsp3) is 0.500. The number of carboxylic acid groups (broad SMARTS) is 1. The summed E-state index contributed by atoms with van der Waals surface area (Å²) in [6.07, 6.45) is 3.57. The molecule has 1 atom stereocenters. The van der Waals surface area contributed by atoms with Crippen LogP contribution in [0.25, 0.3) is 4.85 Å².